The van der Waals surface area contributed by atoms with Gasteiger partial charge in [0.15, 0.2) is 5.69 Å². The average molecular weight is 487 g/mol. The van der Waals surface area contributed by atoms with Gasteiger partial charge in [-0.3, -0.25) is 24.0 Å². The Morgan fingerprint density at radius 3 is 2.06 bits per heavy atom. The van der Waals surface area contributed by atoms with Crippen molar-refractivity contribution < 1.29 is 4.79 Å². The smallest absolute Gasteiger partial charge is 0.330 e. The number of H-pyrrole nitrogens is 1. The third-order valence-corrected chi connectivity index (χ3v) is 6.62. The molecule has 0 saturated carbocycles. The lowest BCUT2D eigenvalue weighted by molar-refractivity contribution is -0.118. The summed E-state index contributed by atoms with van der Waals surface area (Å²) >= 11 is 1.39. The molecule has 1 amide bonds. The number of anilines is 2. The third kappa shape index (κ3) is 5.73. The molecular weight excluding hydrogens is 460 g/mol. The maximum Gasteiger partial charge on any atom is 0.330 e. The highest BCUT2D eigenvalue weighted by Crippen LogP contribution is 2.28. The first-order valence-corrected chi connectivity index (χ1v) is 12.1. The molecule has 1 unspecified atom stereocenters. The van der Waals surface area contributed by atoms with Crippen LogP contribution in [-0.4, -0.2) is 20.7 Å². The van der Waals surface area contributed by atoms with Gasteiger partial charge in [-0.05, 0) is 30.2 Å². The molecule has 4 aromatic rings. The summed E-state index contributed by atoms with van der Waals surface area (Å²) in [4.78, 5) is 44.1. The van der Waals surface area contributed by atoms with Crippen molar-refractivity contribution in [3.63, 3.8) is 0 Å². The second kappa shape index (κ2) is 10.9. The first-order chi connectivity index (χ1) is 16.9. The van der Waals surface area contributed by atoms with E-state index in [1.54, 1.807) is 6.92 Å². The number of nitrogen functional groups attached to an aromatic ring is 1. The van der Waals surface area contributed by atoms with Crippen molar-refractivity contribution >= 4 is 29.2 Å². The number of carbonyl (C=O) groups is 1. The van der Waals surface area contributed by atoms with Crippen LogP contribution in [0.5, 0.6) is 0 Å². The number of nitrogens with two attached hydrogens (primary N) is 1. The molecule has 8 heteroatoms. The summed E-state index contributed by atoms with van der Waals surface area (Å²) < 4.78 is 1.28. The van der Waals surface area contributed by atoms with Crippen LogP contribution in [0.2, 0.25) is 0 Å². The first-order valence-electron chi connectivity index (χ1n) is 11.2. The number of benzene rings is 3. The molecule has 0 bridgehead atoms. The van der Waals surface area contributed by atoms with E-state index in [0.717, 1.165) is 16.0 Å². The zero-order valence-corrected chi connectivity index (χ0v) is 20.1. The van der Waals surface area contributed by atoms with E-state index in [4.69, 9.17) is 5.73 Å². The summed E-state index contributed by atoms with van der Waals surface area (Å²) in [6, 6.07) is 28.3. The molecule has 0 fully saturated rings. The zero-order valence-electron chi connectivity index (χ0n) is 19.3. The summed E-state index contributed by atoms with van der Waals surface area (Å²) in [6.45, 7) is 2.09. The standard InChI is InChI=1S/C27H26N4O3S/c1-19(35-22-15-9-4-10-16-22)26(33)30(17-20-11-5-2-6-12-20)23-24(28)31(27(34)29-25(23)32)18-21-13-7-3-8-14-21/h2-16,19H,17-18,28H2,1H3,(H,29,32,34). The number of rotatable bonds is 8. The lowest BCUT2D eigenvalue weighted by atomic mass is 10.2. The third-order valence-electron chi connectivity index (χ3n) is 5.52. The van der Waals surface area contributed by atoms with Crippen molar-refractivity contribution in [1.82, 2.24) is 9.55 Å². The summed E-state index contributed by atoms with van der Waals surface area (Å²) in [5, 5.41) is -0.505. The molecule has 1 heterocycles. The SMILES string of the molecule is CC(Sc1ccccc1)C(=O)N(Cc1ccccc1)c1c(N)n(Cc2ccccc2)c(=O)[nH]c1=O. The van der Waals surface area contributed by atoms with E-state index in [1.165, 1.54) is 21.2 Å². The molecule has 0 aliphatic carbocycles. The van der Waals surface area contributed by atoms with Crippen molar-refractivity contribution in [1.29, 1.82) is 0 Å². The van der Waals surface area contributed by atoms with Crippen LogP contribution in [0.15, 0.2) is 105 Å². The molecule has 0 aliphatic rings. The Labute approximate surface area is 207 Å². The van der Waals surface area contributed by atoms with Crippen molar-refractivity contribution in [3.8, 4) is 0 Å². The number of aromatic amines is 1. The second-order valence-corrected chi connectivity index (χ2v) is 9.46. The van der Waals surface area contributed by atoms with Gasteiger partial charge in [0.25, 0.3) is 5.56 Å². The van der Waals surface area contributed by atoms with Crippen molar-refractivity contribution in [2.75, 3.05) is 10.6 Å². The van der Waals surface area contributed by atoms with E-state index in [1.807, 2.05) is 91.0 Å². The van der Waals surface area contributed by atoms with Gasteiger partial charge in [-0.1, -0.05) is 78.9 Å². The van der Waals surface area contributed by atoms with E-state index in [0.29, 0.717) is 0 Å². The molecule has 35 heavy (non-hydrogen) atoms. The molecule has 1 aromatic heterocycles. The van der Waals surface area contributed by atoms with Crippen LogP contribution in [0.4, 0.5) is 11.5 Å². The molecule has 1 atom stereocenters. The Hall–Kier alpha value is -4.04. The molecule has 4 rings (SSSR count). The average Bonchev–Trinajstić information content (AvgIpc) is 2.87. The summed E-state index contributed by atoms with van der Waals surface area (Å²) in [5.41, 5.74) is 6.74. The fourth-order valence-corrected chi connectivity index (χ4v) is 4.72. The van der Waals surface area contributed by atoms with E-state index in [2.05, 4.69) is 4.98 Å². The summed E-state index contributed by atoms with van der Waals surface area (Å²) in [7, 11) is 0. The van der Waals surface area contributed by atoms with Gasteiger partial charge in [0, 0.05) is 4.90 Å². The number of amides is 1. The van der Waals surface area contributed by atoms with E-state index >= 15 is 0 Å². The predicted octanol–water partition coefficient (Wildman–Crippen LogP) is 3.88. The fraction of sp³-hybridized carbons (Fsp3) is 0.148. The number of aromatic nitrogens is 2. The van der Waals surface area contributed by atoms with Gasteiger partial charge < -0.3 is 5.73 Å². The molecule has 0 aliphatic heterocycles. The Balaban J connectivity index is 1.76. The molecule has 178 valence electrons. The molecule has 3 aromatic carbocycles. The number of nitrogens with one attached hydrogen (secondary N) is 1. The van der Waals surface area contributed by atoms with Gasteiger partial charge in [-0.2, -0.15) is 0 Å². The van der Waals surface area contributed by atoms with Crippen LogP contribution in [0.1, 0.15) is 18.1 Å². The molecule has 0 saturated heterocycles. The van der Waals surface area contributed by atoms with E-state index in [-0.39, 0.29) is 30.5 Å². The van der Waals surface area contributed by atoms with Crippen LogP contribution < -0.4 is 21.9 Å². The van der Waals surface area contributed by atoms with Gasteiger partial charge in [-0.15, -0.1) is 11.8 Å². The molecule has 3 N–H and O–H groups in total. The molecule has 7 nitrogen and oxygen atoms in total. The number of nitrogens with zero attached hydrogens (tertiary/aromatic N) is 2. The van der Waals surface area contributed by atoms with Crippen LogP contribution in [0.25, 0.3) is 0 Å². The van der Waals surface area contributed by atoms with Gasteiger partial charge in [0.1, 0.15) is 5.82 Å². The zero-order chi connectivity index (χ0) is 24.8. The normalized spacial score (nSPS) is 11.7. The highest BCUT2D eigenvalue weighted by Gasteiger charge is 2.28. The maximum atomic E-state index is 13.7. The van der Waals surface area contributed by atoms with E-state index in [9.17, 15) is 14.4 Å². The predicted molar refractivity (Wildman–Crippen MR) is 141 cm³/mol. The minimum Gasteiger partial charge on any atom is -0.383 e. The Morgan fingerprint density at radius 1 is 0.914 bits per heavy atom. The molecule has 0 radical (unpaired) electrons. The quantitative estimate of drug-likeness (QED) is 0.368. The minimum absolute atomic E-state index is 0.0325. The number of hydrogen-bond acceptors (Lipinski definition) is 5. The first kappa shape index (κ1) is 24.1. The van der Waals surface area contributed by atoms with Crippen molar-refractivity contribution in [2.24, 2.45) is 0 Å². The number of carbonyl (C=O) groups excluding carboxylic acids is 1. The monoisotopic (exact) mass is 486 g/mol. The van der Waals surface area contributed by atoms with E-state index < -0.39 is 16.5 Å². The van der Waals surface area contributed by atoms with Gasteiger partial charge in [0.2, 0.25) is 5.91 Å². The summed E-state index contributed by atoms with van der Waals surface area (Å²) in [5.74, 6) is -0.339. The lowest BCUT2D eigenvalue weighted by Gasteiger charge is -2.27. The second-order valence-electron chi connectivity index (χ2n) is 8.05. The van der Waals surface area contributed by atoms with Crippen LogP contribution in [0.3, 0.4) is 0 Å². The molecule has 0 spiro atoms. The Bertz CT molecular complexity index is 1400. The highest BCUT2D eigenvalue weighted by atomic mass is 32.2. The highest BCUT2D eigenvalue weighted by molar-refractivity contribution is 8.00. The van der Waals surface area contributed by atoms with Crippen LogP contribution in [-0.2, 0) is 17.9 Å². The Kier molecular flexibility index (Phi) is 7.52. The van der Waals surface area contributed by atoms with Crippen molar-refractivity contribution in [3.05, 3.63) is 123 Å². The lowest BCUT2D eigenvalue weighted by Crippen LogP contribution is -2.43. The largest absolute Gasteiger partial charge is 0.383 e. The van der Waals surface area contributed by atoms with Gasteiger partial charge in [0.05, 0.1) is 18.3 Å². The number of hydrogen-bond donors (Lipinski definition) is 2. The van der Waals surface area contributed by atoms with Gasteiger partial charge in [-0.25, -0.2) is 4.79 Å². The maximum absolute atomic E-state index is 13.7. The van der Waals surface area contributed by atoms with Crippen LogP contribution >= 0.6 is 11.8 Å². The fourth-order valence-electron chi connectivity index (χ4n) is 3.77. The number of thioether (sulfide) groups is 1. The van der Waals surface area contributed by atoms with Gasteiger partial charge >= 0.3 is 5.69 Å². The minimum atomic E-state index is -0.696. The topological polar surface area (TPSA) is 101 Å². The van der Waals surface area contributed by atoms with Crippen molar-refractivity contribution in [2.45, 2.75) is 30.2 Å². The molecular formula is C27H26N4O3S. The Morgan fingerprint density at radius 2 is 1.46 bits per heavy atom. The van der Waals surface area contributed by atoms with Crippen LogP contribution in [0, 0.1) is 0 Å². The summed E-state index contributed by atoms with van der Waals surface area (Å²) in [6.07, 6.45) is 0.